The number of aliphatic hydroxyl groups excluding tert-OH is 3. The fraction of sp³-hybridized carbons (Fsp3) is 0.625. The highest BCUT2D eigenvalue weighted by Gasteiger charge is 2.43. The number of ether oxygens (including phenoxy) is 1. The van der Waals surface area contributed by atoms with Crippen LogP contribution in [0.15, 0.2) is 16.6 Å². The molecular weight excluding hydrogens is 374 g/mol. The van der Waals surface area contributed by atoms with Crippen LogP contribution in [-0.2, 0) is 0 Å². The highest BCUT2D eigenvalue weighted by atomic mass is 79.9. The van der Waals surface area contributed by atoms with Gasteiger partial charge in [-0.2, -0.15) is 0 Å². The Hall–Kier alpha value is -0.760. The molecule has 0 aliphatic heterocycles. The second kappa shape index (κ2) is 7.42. The van der Waals surface area contributed by atoms with Crippen LogP contribution in [0.1, 0.15) is 25.7 Å². The molecule has 4 nitrogen and oxygen atoms in total. The summed E-state index contributed by atoms with van der Waals surface area (Å²) in [7, 11) is 0. The van der Waals surface area contributed by atoms with Crippen LogP contribution in [0.5, 0.6) is 5.75 Å². The van der Waals surface area contributed by atoms with Gasteiger partial charge in [-0.15, -0.1) is 0 Å². The summed E-state index contributed by atoms with van der Waals surface area (Å²) in [6.07, 6.45) is 3.67. The summed E-state index contributed by atoms with van der Waals surface area (Å²) in [5.41, 5.74) is -0.341. The van der Waals surface area contributed by atoms with Crippen LogP contribution in [0, 0.1) is 22.5 Å². The lowest BCUT2D eigenvalue weighted by Gasteiger charge is -2.14. The second-order valence-corrected chi connectivity index (χ2v) is 7.38. The van der Waals surface area contributed by atoms with Gasteiger partial charge in [-0.1, -0.05) is 15.9 Å². The molecular formula is C16H21BrF2O4. The molecule has 3 N–H and O–H groups in total. The molecule has 130 valence electrons. The van der Waals surface area contributed by atoms with Crippen LogP contribution in [0.3, 0.4) is 0 Å². The van der Waals surface area contributed by atoms with Gasteiger partial charge < -0.3 is 20.1 Å². The highest BCUT2D eigenvalue weighted by molar-refractivity contribution is 9.10. The summed E-state index contributed by atoms with van der Waals surface area (Å²) in [6, 6.07) is 2.30. The monoisotopic (exact) mass is 394 g/mol. The molecule has 1 aromatic carbocycles. The summed E-state index contributed by atoms with van der Waals surface area (Å²) in [4.78, 5) is 0. The zero-order valence-corrected chi connectivity index (χ0v) is 14.3. The summed E-state index contributed by atoms with van der Waals surface area (Å²) >= 11 is 2.99. The molecule has 7 heteroatoms. The third kappa shape index (κ3) is 4.86. The fourth-order valence-electron chi connectivity index (χ4n) is 1.96. The van der Waals surface area contributed by atoms with Crippen molar-refractivity contribution in [3.05, 3.63) is 28.2 Å². The summed E-state index contributed by atoms with van der Waals surface area (Å²) in [5.74, 6) is -1.84. The van der Waals surface area contributed by atoms with E-state index < -0.39 is 11.6 Å². The topological polar surface area (TPSA) is 69.9 Å². The van der Waals surface area contributed by atoms with E-state index in [1.54, 1.807) is 0 Å². The molecule has 0 atom stereocenters. The highest BCUT2D eigenvalue weighted by Crippen LogP contribution is 2.45. The molecule has 1 aromatic rings. The number of aliphatic hydroxyl groups is 3. The first-order chi connectivity index (χ1) is 10.9. The molecule has 2 saturated carbocycles. The lowest BCUT2D eigenvalue weighted by atomic mass is 10.1. The Kier molecular flexibility index (Phi) is 5.99. The lowest BCUT2D eigenvalue weighted by Crippen LogP contribution is -2.18. The largest absolute Gasteiger partial charge is 0.487 e. The van der Waals surface area contributed by atoms with Crippen molar-refractivity contribution >= 4 is 15.9 Å². The summed E-state index contributed by atoms with van der Waals surface area (Å²) in [5, 5.41) is 26.0. The molecule has 0 heterocycles. The van der Waals surface area contributed by atoms with Gasteiger partial charge in [0.25, 0.3) is 0 Å². The minimum atomic E-state index is -0.736. The smallest absolute Gasteiger partial charge is 0.190 e. The molecule has 3 rings (SSSR count). The van der Waals surface area contributed by atoms with E-state index in [0.717, 1.165) is 37.8 Å². The van der Waals surface area contributed by atoms with Gasteiger partial charge in [-0.3, -0.25) is 0 Å². The molecule has 2 aliphatic carbocycles. The Balaban J connectivity index is 0.000000229. The normalized spacial score (nSPS) is 19.6. The minimum Gasteiger partial charge on any atom is -0.487 e. The van der Waals surface area contributed by atoms with E-state index in [1.807, 2.05) is 0 Å². The fourth-order valence-corrected chi connectivity index (χ4v) is 2.36. The number of hydrogen-bond acceptors (Lipinski definition) is 4. The summed E-state index contributed by atoms with van der Waals surface area (Å²) < 4.78 is 32.1. The van der Waals surface area contributed by atoms with Crippen molar-refractivity contribution in [1.29, 1.82) is 0 Å². The molecule has 0 radical (unpaired) electrons. The number of rotatable bonds is 6. The molecule has 0 spiro atoms. The Bertz CT molecular complexity index is 516. The van der Waals surface area contributed by atoms with Crippen LogP contribution >= 0.6 is 15.9 Å². The minimum absolute atomic E-state index is 0.00718. The molecule has 23 heavy (non-hydrogen) atoms. The lowest BCUT2D eigenvalue weighted by molar-refractivity contribution is 0.134. The van der Waals surface area contributed by atoms with Gasteiger partial charge in [0, 0.05) is 15.3 Å². The van der Waals surface area contributed by atoms with Crippen LogP contribution in [0.2, 0.25) is 0 Å². The van der Waals surface area contributed by atoms with Gasteiger partial charge in [0.1, 0.15) is 0 Å². The molecule has 0 unspecified atom stereocenters. The van der Waals surface area contributed by atoms with E-state index in [-0.39, 0.29) is 43.0 Å². The van der Waals surface area contributed by atoms with Crippen molar-refractivity contribution in [3.8, 4) is 5.75 Å². The average Bonchev–Trinajstić information content (AvgIpc) is 3.43. The third-order valence-electron chi connectivity index (χ3n) is 4.41. The van der Waals surface area contributed by atoms with E-state index in [0.29, 0.717) is 4.47 Å². The molecule has 0 bridgehead atoms. The Labute approximate surface area is 142 Å². The predicted octanol–water partition coefficient (Wildman–Crippen LogP) is 2.63. The number of halogens is 3. The van der Waals surface area contributed by atoms with Crippen LogP contribution in [0.4, 0.5) is 8.78 Å². The molecule has 2 fully saturated rings. The third-order valence-corrected chi connectivity index (χ3v) is 4.86. The van der Waals surface area contributed by atoms with E-state index >= 15 is 0 Å². The number of benzene rings is 1. The standard InChI is InChI=1S/C11H11BrF2O2.C5H10O2/c12-7-3-8(13)10(9(14)4-7)16-6-11(5-15)1-2-11;6-3-5(4-7)1-2-5/h3-4,15H,1-2,5-6H2;6-7H,1-4H2. The van der Waals surface area contributed by atoms with E-state index in [4.69, 9.17) is 20.1 Å². The predicted molar refractivity (Wildman–Crippen MR) is 84.1 cm³/mol. The average molecular weight is 395 g/mol. The first-order valence-electron chi connectivity index (χ1n) is 7.49. The van der Waals surface area contributed by atoms with Crippen molar-refractivity contribution in [3.63, 3.8) is 0 Å². The van der Waals surface area contributed by atoms with Crippen LogP contribution < -0.4 is 4.74 Å². The Morgan fingerprint density at radius 1 is 0.913 bits per heavy atom. The molecule has 0 saturated heterocycles. The van der Waals surface area contributed by atoms with Crippen LogP contribution in [-0.4, -0.2) is 41.7 Å². The zero-order chi connectivity index (χ0) is 17.1. The van der Waals surface area contributed by atoms with Gasteiger partial charge in [0.05, 0.1) is 26.4 Å². The first-order valence-corrected chi connectivity index (χ1v) is 8.28. The van der Waals surface area contributed by atoms with Crippen molar-refractivity contribution in [2.75, 3.05) is 26.4 Å². The van der Waals surface area contributed by atoms with Gasteiger partial charge in [0.15, 0.2) is 17.4 Å². The van der Waals surface area contributed by atoms with Crippen molar-refractivity contribution < 1.29 is 28.8 Å². The molecule has 2 aliphatic rings. The Morgan fingerprint density at radius 3 is 1.65 bits per heavy atom. The zero-order valence-electron chi connectivity index (χ0n) is 12.7. The quantitative estimate of drug-likeness (QED) is 0.693. The molecule has 0 amide bonds. The number of hydrogen-bond donors (Lipinski definition) is 3. The van der Waals surface area contributed by atoms with E-state index in [9.17, 15) is 8.78 Å². The van der Waals surface area contributed by atoms with E-state index in [1.165, 1.54) is 0 Å². The van der Waals surface area contributed by atoms with Gasteiger partial charge in [0.2, 0.25) is 0 Å². The van der Waals surface area contributed by atoms with Gasteiger partial charge in [-0.05, 0) is 37.8 Å². The van der Waals surface area contributed by atoms with Gasteiger partial charge in [-0.25, -0.2) is 8.78 Å². The van der Waals surface area contributed by atoms with Crippen molar-refractivity contribution in [2.24, 2.45) is 10.8 Å². The van der Waals surface area contributed by atoms with Crippen LogP contribution in [0.25, 0.3) is 0 Å². The SMILES string of the molecule is OCC1(CO)CC1.OCC1(COc2c(F)cc(Br)cc2F)CC1. The Morgan fingerprint density at radius 2 is 1.35 bits per heavy atom. The maximum absolute atomic E-state index is 13.4. The van der Waals surface area contributed by atoms with Gasteiger partial charge >= 0.3 is 0 Å². The van der Waals surface area contributed by atoms with Crippen molar-refractivity contribution in [2.45, 2.75) is 25.7 Å². The summed E-state index contributed by atoms with van der Waals surface area (Å²) in [6.45, 7) is 0.457. The first kappa shape index (κ1) is 18.6. The maximum Gasteiger partial charge on any atom is 0.190 e. The molecule has 0 aromatic heterocycles. The van der Waals surface area contributed by atoms with Crippen molar-refractivity contribution in [1.82, 2.24) is 0 Å². The maximum atomic E-state index is 13.4. The second-order valence-electron chi connectivity index (χ2n) is 6.46. The van der Waals surface area contributed by atoms with E-state index in [2.05, 4.69) is 15.9 Å².